The highest BCUT2D eigenvalue weighted by Crippen LogP contribution is 2.37. The second kappa shape index (κ2) is 12.0. The van der Waals surface area contributed by atoms with Crippen LogP contribution in [0.2, 0.25) is 0 Å². The van der Waals surface area contributed by atoms with Gasteiger partial charge in [-0.15, -0.1) is 0 Å². The first-order valence-corrected chi connectivity index (χ1v) is 15.2. The molecule has 42 heavy (non-hydrogen) atoms. The third-order valence-electron chi connectivity index (χ3n) is 9.33. The van der Waals surface area contributed by atoms with Crippen molar-refractivity contribution < 1.29 is 18.3 Å². The quantitative estimate of drug-likeness (QED) is 0.493. The Morgan fingerprint density at radius 2 is 1.95 bits per heavy atom. The van der Waals surface area contributed by atoms with Gasteiger partial charge in [-0.3, -0.25) is 4.79 Å². The van der Waals surface area contributed by atoms with Crippen LogP contribution in [0, 0.1) is 17.1 Å². The molecule has 0 unspecified atom stereocenters. The monoisotopic (exact) mass is 579 g/mol. The average Bonchev–Trinajstić information content (AvgIpc) is 3.63. The van der Waals surface area contributed by atoms with Crippen molar-refractivity contribution >= 4 is 17.4 Å². The van der Waals surface area contributed by atoms with Gasteiger partial charge in [-0.2, -0.15) is 15.2 Å². The summed E-state index contributed by atoms with van der Waals surface area (Å²) in [6.07, 6.45) is 4.25. The summed E-state index contributed by atoms with van der Waals surface area (Å²) >= 11 is 0. The third-order valence-corrected chi connectivity index (χ3v) is 9.33. The van der Waals surface area contributed by atoms with Gasteiger partial charge in [-0.25, -0.2) is 8.78 Å². The number of hydrogen-bond donors (Lipinski definition) is 0. The molecule has 0 saturated carbocycles. The molecule has 6 rings (SSSR count). The van der Waals surface area contributed by atoms with Crippen LogP contribution in [0.4, 0.5) is 20.3 Å². The van der Waals surface area contributed by atoms with Crippen LogP contribution in [0.15, 0.2) is 12.1 Å². The first-order valence-electron chi connectivity index (χ1n) is 15.2. The normalized spacial score (nSPS) is 23.0. The average molecular weight is 580 g/mol. The predicted molar refractivity (Wildman–Crippen MR) is 155 cm³/mol. The molecule has 224 valence electrons. The van der Waals surface area contributed by atoms with E-state index < -0.39 is 18.1 Å². The molecule has 2 fully saturated rings. The summed E-state index contributed by atoms with van der Waals surface area (Å²) in [7, 11) is 2.10. The first-order chi connectivity index (χ1) is 20.3. The van der Waals surface area contributed by atoms with Crippen LogP contribution in [0.5, 0.6) is 6.01 Å². The van der Waals surface area contributed by atoms with Crippen molar-refractivity contribution in [2.45, 2.75) is 76.7 Å². The predicted octanol–water partition coefficient (Wildman–Crippen LogP) is 3.43. The number of nitrogens with zero attached hydrogens (tertiary/aromatic N) is 7. The zero-order valence-electron chi connectivity index (χ0n) is 24.5. The molecular formula is C31H39F2N7O2. The molecule has 2 saturated heterocycles. The van der Waals surface area contributed by atoms with E-state index in [1.165, 1.54) is 17.4 Å². The van der Waals surface area contributed by atoms with Crippen molar-refractivity contribution in [3.05, 3.63) is 40.3 Å². The molecule has 11 heteroatoms. The number of benzene rings is 1. The molecule has 1 amide bonds. The fraction of sp³-hybridized carbons (Fsp3) is 0.613. The van der Waals surface area contributed by atoms with Crippen LogP contribution < -0.4 is 14.5 Å². The number of hydrogen-bond acceptors (Lipinski definition) is 8. The van der Waals surface area contributed by atoms with Crippen molar-refractivity contribution in [2.24, 2.45) is 0 Å². The number of likely N-dealkylation sites (tertiary alicyclic amines) is 1. The number of anilines is 2. The minimum Gasteiger partial charge on any atom is -0.462 e. The lowest BCUT2D eigenvalue weighted by molar-refractivity contribution is -0.138. The smallest absolute Gasteiger partial charge is 0.318 e. The molecule has 0 spiro atoms. The number of likely N-dealkylation sites (N-methyl/N-ethyl adjacent to an activating group) is 1. The van der Waals surface area contributed by atoms with Gasteiger partial charge in [0.15, 0.2) is 6.17 Å². The highest BCUT2D eigenvalue weighted by atomic mass is 19.1. The number of piperazine rings is 1. The maximum absolute atomic E-state index is 14.6. The van der Waals surface area contributed by atoms with Gasteiger partial charge in [0.1, 0.15) is 18.2 Å². The molecule has 9 nitrogen and oxygen atoms in total. The van der Waals surface area contributed by atoms with Crippen LogP contribution in [0.25, 0.3) is 0 Å². The van der Waals surface area contributed by atoms with E-state index in [1.54, 1.807) is 12.1 Å². The SMILES string of the molecule is C[C@@H](F)C(=O)N1CCN(c2nc(OC[C@H]3CCCN3C)nc3c2CCN(c2cc(F)cc4c2CCC4)C3)C[C@H]1CC#N. The van der Waals surface area contributed by atoms with Crippen LogP contribution in [-0.2, 0) is 30.6 Å². The highest BCUT2D eigenvalue weighted by Gasteiger charge is 2.36. The summed E-state index contributed by atoms with van der Waals surface area (Å²) in [5.41, 5.74) is 5.15. The largest absolute Gasteiger partial charge is 0.462 e. The summed E-state index contributed by atoms with van der Waals surface area (Å²) in [5.74, 6) is -0.0343. The number of alkyl halides is 1. The molecule has 1 aliphatic carbocycles. The standard InChI is InChI=1S/C31H39F2N7O2/c1-20(32)30(41)40-14-13-39(17-23(40)8-10-34)29-26-9-12-38(28-16-22(33)15-21-5-3-7-25(21)28)18-27(26)35-31(36-29)42-19-24-6-4-11-37(24)2/h15-16,20,23-24H,3-9,11-14,17-19H2,1-2H3/t20-,23-,24-/m1/s1. The highest BCUT2D eigenvalue weighted by molar-refractivity contribution is 5.81. The third kappa shape index (κ3) is 5.61. The number of rotatable bonds is 7. The number of nitriles is 1. The molecule has 2 aromatic rings. The summed E-state index contributed by atoms with van der Waals surface area (Å²) in [6.45, 7) is 5.14. The van der Waals surface area contributed by atoms with Crippen LogP contribution in [0.3, 0.4) is 0 Å². The molecule has 0 radical (unpaired) electrons. The molecular weight excluding hydrogens is 540 g/mol. The van der Waals surface area contributed by atoms with E-state index in [2.05, 4.69) is 27.8 Å². The number of fused-ring (bicyclic) bond motifs is 2. The Bertz CT molecular complexity index is 1380. The molecule has 1 aromatic carbocycles. The minimum absolute atomic E-state index is 0.109. The summed E-state index contributed by atoms with van der Waals surface area (Å²) in [6, 6.07) is 5.66. The molecule has 3 aliphatic heterocycles. The maximum Gasteiger partial charge on any atom is 0.318 e. The van der Waals surface area contributed by atoms with Crippen molar-refractivity contribution in [2.75, 3.05) is 56.2 Å². The van der Waals surface area contributed by atoms with Gasteiger partial charge in [0, 0.05) is 43.5 Å². The minimum atomic E-state index is -1.62. The van der Waals surface area contributed by atoms with Gasteiger partial charge in [-0.1, -0.05) is 0 Å². The summed E-state index contributed by atoms with van der Waals surface area (Å²) in [5, 5.41) is 9.49. The Kier molecular flexibility index (Phi) is 8.17. The Balaban J connectivity index is 1.31. The van der Waals surface area contributed by atoms with E-state index in [0.717, 1.165) is 67.0 Å². The van der Waals surface area contributed by atoms with Gasteiger partial charge in [-0.05, 0) is 82.3 Å². The second-order valence-electron chi connectivity index (χ2n) is 12.0. The number of halogens is 2. The van der Waals surface area contributed by atoms with Crippen molar-refractivity contribution in [3.8, 4) is 12.1 Å². The number of aryl methyl sites for hydroxylation is 1. The van der Waals surface area contributed by atoms with Crippen LogP contribution >= 0.6 is 0 Å². The number of ether oxygens (including phenoxy) is 1. The summed E-state index contributed by atoms with van der Waals surface area (Å²) in [4.78, 5) is 30.5. The maximum atomic E-state index is 14.6. The van der Waals surface area contributed by atoms with Gasteiger partial charge in [0.05, 0.1) is 30.8 Å². The molecule has 0 N–H and O–H groups in total. The number of amides is 1. The zero-order chi connectivity index (χ0) is 29.4. The van der Waals surface area contributed by atoms with E-state index >= 15 is 0 Å². The molecule has 4 aliphatic rings. The van der Waals surface area contributed by atoms with E-state index in [0.29, 0.717) is 57.8 Å². The van der Waals surface area contributed by atoms with E-state index in [9.17, 15) is 18.8 Å². The van der Waals surface area contributed by atoms with Gasteiger partial charge in [0.25, 0.3) is 5.91 Å². The second-order valence-corrected chi connectivity index (χ2v) is 12.0. The first kappa shape index (κ1) is 28.6. The molecule has 4 heterocycles. The van der Waals surface area contributed by atoms with Crippen molar-refractivity contribution in [1.29, 1.82) is 5.26 Å². The van der Waals surface area contributed by atoms with E-state index in [1.807, 2.05) is 0 Å². The van der Waals surface area contributed by atoms with Gasteiger partial charge in [0.2, 0.25) is 0 Å². The molecule has 3 atom stereocenters. The molecule has 0 bridgehead atoms. The van der Waals surface area contributed by atoms with Gasteiger partial charge >= 0.3 is 6.01 Å². The van der Waals surface area contributed by atoms with Crippen LogP contribution in [0.1, 0.15) is 55.0 Å². The Hall–Kier alpha value is -3.52. The number of carbonyl (C=O) groups excluding carboxylic acids is 1. The summed E-state index contributed by atoms with van der Waals surface area (Å²) < 4.78 is 34.8. The lowest BCUT2D eigenvalue weighted by atomic mass is 10.0. The van der Waals surface area contributed by atoms with E-state index in [-0.39, 0.29) is 12.2 Å². The van der Waals surface area contributed by atoms with E-state index in [4.69, 9.17) is 14.7 Å². The lowest BCUT2D eigenvalue weighted by Crippen LogP contribution is -2.57. The fourth-order valence-electron chi connectivity index (χ4n) is 7.05. The topological polar surface area (TPSA) is 88.8 Å². The molecule has 1 aromatic heterocycles. The van der Waals surface area contributed by atoms with Gasteiger partial charge < -0.3 is 24.3 Å². The Morgan fingerprint density at radius 3 is 2.71 bits per heavy atom. The fourth-order valence-corrected chi connectivity index (χ4v) is 7.05. The van der Waals surface area contributed by atoms with Crippen molar-refractivity contribution in [3.63, 3.8) is 0 Å². The Morgan fingerprint density at radius 1 is 1.10 bits per heavy atom. The Labute approximate surface area is 246 Å². The number of carbonyl (C=O) groups is 1. The lowest BCUT2D eigenvalue weighted by Gasteiger charge is -2.42. The number of aromatic nitrogens is 2. The van der Waals surface area contributed by atoms with Crippen LogP contribution in [-0.4, -0.2) is 90.3 Å². The zero-order valence-corrected chi connectivity index (χ0v) is 24.5. The van der Waals surface area contributed by atoms with Crippen molar-refractivity contribution in [1.82, 2.24) is 19.8 Å².